The number of nitrogens with zero attached hydrogens (tertiary/aromatic N) is 4. The summed E-state index contributed by atoms with van der Waals surface area (Å²) in [6.07, 6.45) is 3.13. The Balaban J connectivity index is 1.85. The number of benzene rings is 2. The zero-order valence-corrected chi connectivity index (χ0v) is 18.7. The maximum absolute atomic E-state index is 13.8. The lowest BCUT2D eigenvalue weighted by atomic mass is 10.1. The van der Waals surface area contributed by atoms with Crippen LogP contribution < -0.4 is 0 Å². The van der Waals surface area contributed by atoms with E-state index in [-0.39, 0.29) is 17.0 Å². The van der Waals surface area contributed by atoms with E-state index in [1.54, 1.807) is 78.7 Å². The molecule has 1 N–H and O–H groups in total. The van der Waals surface area contributed by atoms with E-state index >= 15 is 0 Å². The molecule has 0 amide bonds. The Morgan fingerprint density at radius 2 is 1.82 bits per heavy atom. The van der Waals surface area contributed by atoms with E-state index in [1.165, 1.54) is 3.97 Å². The highest BCUT2D eigenvalue weighted by Crippen LogP contribution is 2.35. The van der Waals surface area contributed by atoms with Gasteiger partial charge < -0.3 is 5.11 Å². The summed E-state index contributed by atoms with van der Waals surface area (Å²) in [5.41, 5.74) is 3.55. The molecule has 0 saturated heterocycles. The number of aromatic nitrogens is 4. The summed E-state index contributed by atoms with van der Waals surface area (Å²) in [7, 11) is -2.22. The molecule has 0 atom stereocenters. The first-order valence-electron chi connectivity index (χ1n) is 10.2. The Morgan fingerprint density at radius 1 is 1.06 bits per heavy atom. The highest BCUT2D eigenvalue weighted by Gasteiger charge is 2.26. The monoisotopic (exact) mass is 460 g/mol. The van der Waals surface area contributed by atoms with Gasteiger partial charge in [-0.2, -0.15) is 5.10 Å². The molecule has 5 rings (SSSR count). The van der Waals surface area contributed by atoms with Gasteiger partial charge in [0, 0.05) is 24.0 Å². The van der Waals surface area contributed by atoms with Gasteiger partial charge in [-0.25, -0.2) is 17.4 Å². The lowest BCUT2D eigenvalue weighted by molar-refractivity contribution is -0.136. The summed E-state index contributed by atoms with van der Waals surface area (Å²) >= 11 is 0. The van der Waals surface area contributed by atoms with Crippen LogP contribution in [0.15, 0.2) is 71.9 Å². The molecule has 0 radical (unpaired) electrons. The fourth-order valence-electron chi connectivity index (χ4n) is 4.06. The maximum Gasteiger partial charge on any atom is 0.307 e. The molecule has 2 aromatic carbocycles. The van der Waals surface area contributed by atoms with Crippen LogP contribution in [0.5, 0.6) is 0 Å². The Kier molecular flexibility index (Phi) is 4.79. The van der Waals surface area contributed by atoms with E-state index < -0.39 is 16.0 Å². The van der Waals surface area contributed by atoms with Crippen molar-refractivity contribution in [1.29, 1.82) is 0 Å². The minimum absolute atomic E-state index is 0.139. The number of hydrogen-bond acceptors (Lipinski definition) is 5. The van der Waals surface area contributed by atoms with Crippen molar-refractivity contribution in [1.82, 2.24) is 18.7 Å². The predicted octanol–water partition coefficient (Wildman–Crippen LogP) is 3.76. The number of carboxylic acid groups (broad SMARTS) is 1. The van der Waals surface area contributed by atoms with Crippen molar-refractivity contribution in [3.8, 4) is 11.3 Å². The van der Waals surface area contributed by atoms with E-state index in [2.05, 4.69) is 10.1 Å². The van der Waals surface area contributed by atoms with Crippen molar-refractivity contribution in [2.24, 2.45) is 7.05 Å². The molecule has 3 aromatic heterocycles. The number of hydrogen-bond donors (Lipinski definition) is 1. The van der Waals surface area contributed by atoms with Gasteiger partial charge in [-0.1, -0.05) is 35.9 Å². The van der Waals surface area contributed by atoms with E-state index in [4.69, 9.17) is 0 Å². The van der Waals surface area contributed by atoms with Crippen molar-refractivity contribution < 1.29 is 18.3 Å². The second-order valence-corrected chi connectivity index (χ2v) is 9.74. The quantitative estimate of drug-likeness (QED) is 0.428. The number of pyridine rings is 1. The number of carbonyl (C=O) groups is 1. The Bertz CT molecular complexity index is 1650. The summed E-state index contributed by atoms with van der Waals surface area (Å²) in [6, 6.07) is 15.3. The van der Waals surface area contributed by atoms with Crippen LogP contribution in [0.1, 0.15) is 11.1 Å². The lowest BCUT2D eigenvalue weighted by Gasteiger charge is -2.12. The normalized spacial score (nSPS) is 11.9. The molecule has 8 nitrogen and oxygen atoms in total. The Hall–Kier alpha value is -3.98. The molecule has 33 heavy (non-hydrogen) atoms. The standard InChI is InChI=1S/C24H20N4O4S/c1-15-6-8-19(9-7-15)33(31,32)28-21(17-5-3-4-16(10-17)11-22(29)30)12-20-23-18(13-25-24(20)28)14-26-27(23)2/h3-10,12-14H,11H2,1-2H3,(H,29,30). The maximum atomic E-state index is 13.8. The van der Waals surface area contributed by atoms with Crippen LogP contribution in [0.4, 0.5) is 0 Å². The molecule has 0 saturated carbocycles. The molecule has 0 bridgehead atoms. The van der Waals surface area contributed by atoms with Gasteiger partial charge in [-0.15, -0.1) is 0 Å². The first-order chi connectivity index (χ1) is 15.8. The Morgan fingerprint density at radius 3 is 2.55 bits per heavy atom. The van der Waals surface area contributed by atoms with Crippen LogP contribution in [0, 0.1) is 6.92 Å². The second-order valence-electron chi connectivity index (χ2n) is 7.95. The van der Waals surface area contributed by atoms with Gasteiger partial charge in [0.15, 0.2) is 5.65 Å². The highest BCUT2D eigenvalue weighted by atomic mass is 32.2. The van der Waals surface area contributed by atoms with E-state index in [0.29, 0.717) is 22.2 Å². The average molecular weight is 461 g/mol. The third-order valence-corrected chi connectivity index (χ3v) is 7.34. The number of carboxylic acids is 1. The van der Waals surface area contributed by atoms with Crippen LogP contribution in [-0.4, -0.2) is 38.2 Å². The SMILES string of the molecule is Cc1ccc(S(=O)(=O)n2c(-c3cccc(CC(=O)O)c3)cc3c4c(cnc32)cnn4C)cc1. The Labute approximate surface area is 189 Å². The average Bonchev–Trinajstić information content (AvgIpc) is 3.35. The largest absolute Gasteiger partial charge is 0.481 e. The van der Waals surface area contributed by atoms with E-state index in [9.17, 15) is 18.3 Å². The fraction of sp³-hybridized carbons (Fsp3) is 0.125. The van der Waals surface area contributed by atoms with Gasteiger partial charge in [0.25, 0.3) is 10.0 Å². The molecule has 5 aromatic rings. The van der Waals surface area contributed by atoms with Crippen LogP contribution in [-0.2, 0) is 28.3 Å². The third kappa shape index (κ3) is 3.46. The van der Waals surface area contributed by atoms with Crippen molar-refractivity contribution in [3.63, 3.8) is 0 Å². The summed E-state index contributed by atoms with van der Waals surface area (Å²) in [6.45, 7) is 1.89. The van der Waals surface area contributed by atoms with Gasteiger partial charge in [0.05, 0.1) is 28.7 Å². The van der Waals surface area contributed by atoms with Crippen LogP contribution >= 0.6 is 0 Å². The van der Waals surface area contributed by atoms with Crippen molar-refractivity contribution >= 4 is 37.9 Å². The molecule has 0 aliphatic carbocycles. The minimum atomic E-state index is -4.01. The van der Waals surface area contributed by atoms with Crippen molar-refractivity contribution in [2.75, 3.05) is 0 Å². The minimum Gasteiger partial charge on any atom is -0.481 e. The molecule has 0 spiro atoms. The molecule has 0 unspecified atom stereocenters. The molecular formula is C24H20N4O4S. The van der Waals surface area contributed by atoms with Crippen molar-refractivity contribution in [2.45, 2.75) is 18.2 Å². The lowest BCUT2D eigenvalue weighted by Crippen LogP contribution is -2.15. The predicted molar refractivity (Wildman–Crippen MR) is 125 cm³/mol. The number of fused-ring (bicyclic) bond motifs is 3. The summed E-state index contributed by atoms with van der Waals surface area (Å²) in [5, 5.41) is 14.9. The van der Waals surface area contributed by atoms with Gasteiger partial charge in [0.2, 0.25) is 0 Å². The van der Waals surface area contributed by atoms with Crippen LogP contribution in [0.3, 0.4) is 0 Å². The summed E-state index contributed by atoms with van der Waals surface area (Å²) < 4.78 is 30.6. The zero-order chi connectivity index (χ0) is 23.3. The molecule has 166 valence electrons. The number of aryl methyl sites for hydroxylation is 2. The molecule has 9 heteroatoms. The van der Waals surface area contributed by atoms with Crippen LogP contribution in [0.2, 0.25) is 0 Å². The number of rotatable bonds is 5. The smallest absolute Gasteiger partial charge is 0.307 e. The molecule has 0 aliphatic rings. The van der Waals surface area contributed by atoms with E-state index in [0.717, 1.165) is 16.5 Å². The first kappa shape index (κ1) is 20.9. The molecule has 3 heterocycles. The topological polar surface area (TPSA) is 107 Å². The molecule has 0 fully saturated rings. The summed E-state index contributed by atoms with van der Waals surface area (Å²) in [4.78, 5) is 15.9. The van der Waals surface area contributed by atoms with Gasteiger partial charge in [-0.05, 0) is 42.3 Å². The third-order valence-electron chi connectivity index (χ3n) is 5.62. The molecular weight excluding hydrogens is 440 g/mol. The van der Waals surface area contributed by atoms with Crippen molar-refractivity contribution in [3.05, 3.63) is 78.1 Å². The fourth-order valence-corrected chi connectivity index (χ4v) is 5.54. The summed E-state index contributed by atoms with van der Waals surface area (Å²) in [5.74, 6) is -0.960. The first-order valence-corrected chi connectivity index (χ1v) is 11.7. The number of aliphatic carboxylic acids is 1. The molecule has 0 aliphatic heterocycles. The van der Waals surface area contributed by atoms with Crippen LogP contribution in [0.25, 0.3) is 33.2 Å². The van der Waals surface area contributed by atoms with Gasteiger partial charge in [0.1, 0.15) is 0 Å². The van der Waals surface area contributed by atoms with Gasteiger partial charge in [-0.3, -0.25) is 9.48 Å². The van der Waals surface area contributed by atoms with Gasteiger partial charge >= 0.3 is 5.97 Å². The van der Waals surface area contributed by atoms with E-state index in [1.807, 2.05) is 6.92 Å². The zero-order valence-electron chi connectivity index (χ0n) is 17.9. The second kappa shape index (κ2) is 7.56. The highest BCUT2D eigenvalue weighted by molar-refractivity contribution is 7.90.